The summed E-state index contributed by atoms with van der Waals surface area (Å²) in [5.41, 5.74) is -0.121. The molecule has 4 saturated carbocycles. The number of amides is 1. The van der Waals surface area contributed by atoms with E-state index in [-0.39, 0.29) is 46.4 Å². The fraction of sp³-hybridized carbons (Fsp3) is 0.959. The first-order valence-electron chi connectivity index (χ1n) is 25.3. The Morgan fingerprint density at radius 1 is 0.716 bits per heavy atom. The molecule has 0 unspecified atom stereocenters. The van der Waals surface area contributed by atoms with Crippen molar-refractivity contribution in [1.29, 1.82) is 0 Å². The quantitative estimate of drug-likeness (QED) is 0.0963. The Morgan fingerprint density at radius 3 is 2.09 bits per heavy atom. The summed E-state index contributed by atoms with van der Waals surface area (Å²) in [5.74, 6) is 1.87. The summed E-state index contributed by atoms with van der Waals surface area (Å²) in [5, 5.41) is 100. The third-order valence-electron chi connectivity index (χ3n) is 17.9. The average molecular weight is 958 g/mol. The number of nitrogens with one attached hydrogen (secondary N) is 1. The van der Waals surface area contributed by atoms with Crippen LogP contribution in [0, 0.1) is 58.2 Å². The van der Waals surface area contributed by atoms with Gasteiger partial charge in [-0.25, -0.2) is 0 Å². The van der Waals surface area contributed by atoms with E-state index in [0.29, 0.717) is 68.2 Å². The predicted molar refractivity (Wildman–Crippen MR) is 238 cm³/mol. The SMILES string of the molecule is CC(C)CC(=O)NC[C@@H](C)CCC(=O)[C@@H](C)[C@H]1[C@H](O)C[C@H]2[C@@H]3CC[C@H]4C[C@@H](O[C@@H]5O[C@H](CO)[C@@H](O[C@@H]6O[C@@H](C)[C@H](O)[C@@H](O)[C@H]6O[C@@H]6OC[C@@H](O)[C@H](O)[C@H]6O)[C@H](O)[C@H]5O)CC[C@]4(C)[C@H]3CC[C@]12C. The van der Waals surface area contributed by atoms with E-state index in [9.17, 15) is 55.5 Å². The van der Waals surface area contributed by atoms with E-state index in [1.54, 1.807) is 0 Å². The normalized spacial score (nSPS) is 48.8. The summed E-state index contributed by atoms with van der Waals surface area (Å²) in [4.78, 5) is 25.9. The Kier molecular flexibility index (Phi) is 17.3. The van der Waals surface area contributed by atoms with Crippen LogP contribution in [-0.2, 0) is 38.0 Å². The van der Waals surface area contributed by atoms with Crippen molar-refractivity contribution in [2.75, 3.05) is 19.8 Å². The van der Waals surface area contributed by atoms with Gasteiger partial charge in [0.2, 0.25) is 5.91 Å². The summed E-state index contributed by atoms with van der Waals surface area (Å²) < 4.78 is 35.5. The molecule has 1 amide bonds. The topological polar surface area (TPSA) is 284 Å². The van der Waals surface area contributed by atoms with Crippen LogP contribution in [0.15, 0.2) is 0 Å². The Hall–Kier alpha value is -1.46. The maximum absolute atomic E-state index is 13.8. The molecule has 0 aromatic heterocycles. The minimum atomic E-state index is -1.73. The molecule has 67 heavy (non-hydrogen) atoms. The second kappa shape index (κ2) is 21.7. The third-order valence-corrected chi connectivity index (χ3v) is 17.9. The Labute approximate surface area is 395 Å². The molecule has 25 atom stereocenters. The maximum atomic E-state index is 13.8. The summed E-state index contributed by atoms with van der Waals surface area (Å²) in [6, 6.07) is 0. The van der Waals surface area contributed by atoms with Crippen LogP contribution >= 0.6 is 0 Å². The minimum Gasteiger partial charge on any atom is -0.394 e. The molecule has 4 aliphatic carbocycles. The molecule has 0 aromatic carbocycles. The van der Waals surface area contributed by atoms with Gasteiger partial charge in [0.15, 0.2) is 18.9 Å². The van der Waals surface area contributed by atoms with E-state index < -0.39 is 105 Å². The number of ether oxygens (including phenoxy) is 6. The largest absolute Gasteiger partial charge is 0.394 e. The van der Waals surface area contributed by atoms with Crippen LogP contribution in [0.4, 0.5) is 0 Å². The van der Waals surface area contributed by atoms with E-state index in [1.165, 1.54) is 6.92 Å². The molecular formula is C49H83NO17. The maximum Gasteiger partial charge on any atom is 0.220 e. The molecule has 3 heterocycles. The summed E-state index contributed by atoms with van der Waals surface area (Å²) in [6.07, 6.45) is -13.1. The van der Waals surface area contributed by atoms with E-state index in [1.807, 2.05) is 20.8 Å². The average Bonchev–Trinajstić information content (AvgIpc) is 3.56. The lowest BCUT2D eigenvalue weighted by Gasteiger charge is -2.61. The highest BCUT2D eigenvalue weighted by atomic mass is 16.8. The number of carbonyl (C=O) groups is 2. The lowest BCUT2D eigenvalue weighted by Crippen LogP contribution is -2.66. The molecular weight excluding hydrogens is 875 g/mol. The van der Waals surface area contributed by atoms with Crippen molar-refractivity contribution >= 4 is 11.7 Å². The predicted octanol–water partition coefficient (Wildman–Crippen LogP) is 0.900. The fourth-order valence-electron chi connectivity index (χ4n) is 13.9. The highest BCUT2D eigenvalue weighted by molar-refractivity contribution is 5.81. The van der Waals surface area contributed by atoms with Crippen molar-refractivity contribution in [3.63, 3.8) is 0 Å². The number of carbonyl (C=O) groups excluding carboxylic acids is 2. The van der Waals surface area contributed by atoms with Gasteiger partial charge in [-0.3, -0.25) is 9.59 Å². The van der Waals surface area contributed by atoms with Crippen molar-refractivity contribution in [3.8, 4) is 0 Å². The van der Waals surface area contributed by atoms with Crippen LogP contribution in [0.1, 0.15) is 119 Å². The Balaban J connectivity index is 0.936. The van der Waals surface area contributed by atoms with Gasteiger partial charge in [-0.2, -0.15) is 0 Å². The first kappa shape index (κ1) is 53.3. The van der Waals surface area contributed by atoms with Crippen LogP contribution in [-0.4, -0.2) is 176 Å². The molecule has 0 bridgehead atoms. The molecule has 10 N–H and O–H groups in total. The van der Waals surface area contributed by atoms with Crippen molar-refractivity contribution in [2.45, 2.75) is 217 Å². The summed E-state index contributed by atoms with van der Waals surface area (Å²) in [7, 11) is 0. The van der Waals surface area contributed by atoms with Gasteiger partial charge in [-0.1, -0.05) is 41.5 Å². The van der Waals surface area contributed by atoms with Crippen LogP contribution in [0.25, 0.3) is 0 Å². The first-order valence-corrected chi connectivity index (χ1v) is 25.3. The molecule has 18 nitrogen and oxygen atoms in total. The molecule has 18 heteroatoms. The zero-order valence-corrected chi connectivity index (χ0v) is 40.5. The monoisotopic (exact) mass is 958 g/mol. The third kappa shape index (κ3) is 10.8. The number of fused-ring (bicyclic) bond motifs is 5. The molecule has 7 rings (SSSR count). The molecule has 3 saturated heterocycles. The number of aliphatic hydroxyl groups excluding tert-OH is 9. The number of hydrogen-bond acceptors (Lipinski definition) is 17. The number of aliphatic hydroxyl groups is 9. The van der Waals surface area contributed by atoms with Crippen molar-refractivity contribution in [1.82, 2.24) is 5.32 Å². The number of ketones is 1. The van der Waals surface area contributed by atoms with Gasteiger partial charge >= 0.3 is 0 Å². The van der Waals surface area contributed by atoms with Crippen molar-refractivity contribution < 1.29 is 84.0 Å². The Morgan fingerprint density at radius 2 is 1.39 bits per heavy atom. The first-order chi connectivity index (χ1) is 31.6. The molecule has 7 aliphatic rings. The van der Waals surface area contributed by atoms with Gasteiger partial charge in [0.25, 0.3) is 0 Å². The van der Waals surface area contributed by atoms with E-state index in [0.717, 1.165) is 38.5 Å². The second-order valence-corrected chi connectivity index (χ2v) is 22.7. The highest BCUT2D eigenvalue weighted by Crippen LogP contribution is 2.68. The van der Waals surface area contributed by atoms with E-state index >= 15 is 0 Å². The van der Waals surface area contributed by atoms with Gasteiger partial charge in [0, 0.05) is 25.3 Å². The molecule has 3 aliphatic heterocycles. The fourth-order valence-corrected chi connectivity index (χ4v) is 13.9. The van der Waals surface area contributed by atoms with Gasteiger partial charge in [-0.15, -0.1) is 0 Å². The van der Waals surface area contributed by atoms with Crippen LogP contribution in [0.5, 0.6) is 0 Å². The smallest absolute Gasteiger partial charge is 0.220 e. The lowest BCUT2D eigenvalue weighted by atomic mass is 9.44. The van der Waals surface area contributed by atoms with Gasteiger partial charge in [-0.05, 0) is 117 Å². The zero-order valence-electron chi connectivity index (χ0n) is 40.5. The standard InChI is InChI=1S/C49H83NO17/c1-22(2)16-35(55)50-19-23(3)8-11-31(52)24(4)36-32(53)18-30-28-10-9-26-17-27(12-14-48(26,6)29(28)13-15-49(30,36)7)64-46-42(61)40(59)43(34(20-51)65-46)66-47-44(39(58)37(56)25(5)63-47)67-45-41(60)38(57)33(54)21-62-45/h22-30,32-34,36-47,51,53-54,56-61H,8-21H2,1-7H3,(H,50,55)/t23-,24+,25-,26-,27-,28+,29-,30-,32+,33+,34+,36-,37-,38-,39+,40+,41+,42+,43+,44+,45-,46+,47-,48-,49-/m0/s1. The van der Waals surface area contributed by atoms with E-state index in [2.05, 4.69) is 26.1 Å². The molecule has 0 radical (unpaired) electrons. The van der Waals surface area contributed by atoms with Gasteiger partial charge in [0.1, 0.15) is 66.8 Å². The molecule has 386 valence electrons. The van der Waals surface area contributed by atoms with Gasteiger partial charge in [0.05, 0.1) is 31.5 Å². The minimum absolute atomic E-state index is 0.0257. The van der Waals surface area contributed by atoms with Crippen molar-refractivity contribution in [2.24, 2.45) is 58.2 Å². The number of hydrogen-bond donors (Lipinski definition) is 10. The summed E-state index contributed by atoms with van der Waals surface area (Å²) >= 11 is 0. The van der Waals surface area contributed by atoms with Gasteiger partial charge < -0.3 is 79.7 Å². The Bertz CT molecular complexity index is 1660. The second-order valence-electron chi connectivity index (χ2n) is 22.7. The highest BCUT2D eigenvalue weighted by Gasteiger charge is 2.64. The zero-order chi connectivity index (χ0) is 48.9. The number of rotatable bonds is 16. The van der Waals surface area contributed by atoms with Crippen LogP contribution in [0.2, 0.25) is 0 Å². The lowest BCUT2D eigenvalue weighted by molar-refractivity contribution is -0.383. The number of Topliss-reactive ketones (excluding diaryl/α,β-unsaturated/α-hetero) is 1. The van der Waals surface area contributed by atoms with Crippen molar-refractivity contribution in [3.05, 3.63) is 0 Å². The van der Waals surface area contributed by atoms with Crippen LogP contribution in [0.3, 0.4) is 0 Å². The molecule has 0 spiro atoms. The summed E-state index contributed by atoms with van der Waals surface area (Å²) in [6.45, 7) is 13.8. The molecule has 7 fully saturated rings. The van der Waals surface area contributed by atoms with Crippen LogP contribution < -0.4 is 5.32 Å². The van der Waals surface area contributed by atoms with E-state index in [4.69, 9.17) is 28.4 Å². The molecule has 0 aromatic rings.